The molecule has 3 N–H and O–H groups in total. The number of amides is 1. The summed E-state index contributed by atoms with van der Waals surface area (Å²) < 4.78 is 17.6. The van der Waals surface area contributed by atoms with Crippen molar-refractivity contribution in [1.29, 1.82) is 0 Å². The minimum absolute atomic E-state index is 0.143. The highest BCUT2D eigenvalue weighted by Gasteiger charge is 2.52. The molecule has 1 aliphatic heterocycles. The van der Waals surface area contributed by atoms with Crippen molar-refractivity contribution in [1.82, 2.24) is 5.32 Å². The van der Waals surface area contributed by atoms with E-state index in [2.05, 4.69) is 5.32 Å². The average Bonchev–Trinajstić information content (AvgIpc) is 2.74. The van der Waals surface area contributed by atoms with Crippen molar-refractivity contribution >= 4 is 48.2 Å². The molecule has 0 bridgehead atoms. The van der Waals surface area contributed by atoms with E-state index in [1.807, 2.05) is 27.7 Å². The summed E-state index contributed by atoms with van der Waals surface area (Å²) in [5.74, 6) is 0. The van der Waals surface area contributed by atoms with Gasteiger partial charge in [0, 0.05) is 11.6 Å². The number of anilines is 1. The number of halogens is 2. The number of benzene rings is 1. The molecule has 1 fully saturated rings. The van der Waals surface area contributed by atoms with Gasteiger partial charge in [-0.25, -0.2) is 4.79 Å². The van der Waals surface area contributed by atoms with Crippen molar-refractivity contribution in [2.75, 3.05) is 12.3 Å². The molecule has 0 saturated carbocycles. The molecular formula is C20H29BCl2N2O4. The molecule has 1 aromatic carbocycles. The number of hydrogen-bond acceptors (Lipinski definition) is 5. The highest BCUT2D eigenvalue weighted by molar-refractivity contribution is 6.56. The van der Waals surface area contributed by atoms with E-state index in [9.17, 15) is 4.79 Å². The molecule has 1 aliphatic rings. The lowest BCUT2D eigenvalue weighted by Gasteiger charge is -2.32. The van der Waals surface area contributed by atoms with Gasteiger partial charge < -0.3 is 25.1 Å². The van der Waals surface area contributed by atoms with Crippen LogP contribution in [0.1, 0.15) is 54.0 Å². The molecule has 1 aromatic rings. The van der Waals surface area contributed by atoms with E-state index in [0.29, 0.717) is 26.8 Å². The average molecular weight is 443 g/mol. The maximum absolute atomic E-state index is 12.1. The van der Waals surface area contributed by atoms with Gasteiger partial charge in [0.1, 0.15) is 5.60 Å². The first-order valence-electron chi connectivity index (χ1n) is 9.39. The number of hydrogen-bond donors (Lipinski definition) is 2. The van der Waals surface area contributed by atoms with Gasteiger partial charge in [0.2, 0.25) is 0 Å². The first kappa shape index (κ1) is 23.9. The van der Waals surface area contributed by atoms with Gasteiger partial charge in [-0.15, -0.1) is 0 Å². The minimum atomic E-state index is -0.678. The number of alkyl carbamates (subject to hydrolysis) is 1. The first-order chi connectivity index (χ1) is 13.1. The molecule has 0 unspecified atom stereocenters. The number of nitrogen functional groups attached to an aromatic ring is 1. The molecule has 0 aliphatic carbocycles. The number of nitrogens with two attached hydrogens (primary N) is 1. The summed E-state index contributed by atoms with van der Waals surface area (Å²) in [6, 6.07) is 3.25. The second-order valence-electron chi connectivity index (χ2n) is 9.06. The Balaban J connectivity index is 2.34. The minimum Gasteiger partial charge on any atom is -0.444 e. The Bertz CT molecular complexity index is 803. The largest absolute Gasteiger partial charge is 0.492 e. The third-order valence-electron chi connectivity index (χ3n) is 4.85. The van der Waals surface area contributed by atoms with Crippen molar-refractivity contribution in [3.8, 4) is 0 Å². The van der Waals surface area contributed by atoms with Gasteiger partial charge in [0.05, 0.1) is 21.9 Å². The lowest BCUT2D eigenvalue weighted by Crippen LogP contribution is -2.41. The predicted molar refractivity (Wildman–Crippen MR) is 119 cm³/mol. The highest BCUT2D eigenvalue weighted by atomic mass is 35.5. The molecule has 0 aromatic heterocycles. The standard InChI is InChI=1S/C20H29BCl2N2O4/c1-18(2,3)27-17(26)25-11-13(21-28-19(4,5)20(6,7)29-21)8-12-9-15(23)16(24)10-14(12)22/h8-10H,11,24H2,1-7H3,(H,25,26). The summed E-state index contributed by atoms with van der Waals surface area (Å²) in [4.78, 5) is 12.1. The Kier molecular flexibility index (Phi) is 6.90. The Morgan fingerprint density at radius 2 is 1.72 bits per heavy atom. The van der Waals surface area contributed by atoms with Crippen molar-refractivity contribution in [2.24, 2.45) is 0 Å². The number of carbonyl (C=O) groups is 1. The number of ether oxygens (including phenoxy) is 1. The van der Waals surface area contributed by atoms with E-state index in [4.69, 9.17) is 43.0 Å². The number of rotatable bonds is 4. The van der Waals surface area contributed by atoms with Crippen LogP contribution in [-0.4, -0.2) is 36.6 Å². The number of carbonyl (C=O) groups excluding carboxylic acids is 1. The predicted octanol–water partition coefficient (Wildman–Crippen LogP) is 5.12. The van der Waals surface area contributed by atoms with Crippen LogP contribution >= 0.6 is 23.2 Å². The van der Waals surface area contributed by atoms with Crippen LogP contribution in [0, 0.1) is 0 Å². The molecule has 1 amide bonds. The summed E-state index contributed by atoms with van der Waals surface area (Å²) in [5.41, 5.74) is 5.82. The number of nitrogens with one attached hydrogen (secondary N) is 1. The van der Waals surface area contributed by atoms with Gasteiger partial charge in [-0.2, -0.15) is 0 Å². The van der Waals surface area contributed by atoms with Crippen LogP contribution in [0.25, 0.3) is 6.08 Å². The molecule has 0 atom stereocenters. The van der Waals surface area contributed by atoms with Crippen LogP contribution in [0.5, 0.6) is 0 Å². The quantitative estimate of drug-likeness (QED) is 0.499. The van der Waals surface area contributed by atoms with Crippen LogP contribution in [-0.2, 0) is 14.0 Å². The van der Waals surface area contributed by atoms with Crippen LogP contribution < -0.4 is 11.1 Å². The fourth-order valence-corrected chi connectivity index (χ4v) is 2.97. The lowest BCUT2D eigenvalue weighted by molar-refractivity contribution is 0.00578. The van der Waals surface area contributed by atoms with E-state index in [1.54, 1.807) is 39.0 Å². The Hall–Kier alpha value is -1.41. The van der Waals surface area contributed by atoms with Gasteiger partial charge in [-0.3, -0.25) is 0 Å². The van der Waals surface area contributed by atoms with Crippen LogP contribution in [0.2, 0.25) is 10.0 Å². The zero-order valence-electron chi connectivity index (χ0n) is 18.0. The molecule has 6 nitrogen and oxygen atoms in total. The first-order valence-corrected chi connectivity index (χ1v) is 10.1. The molecule has 2 rings (SSSR count). The summed E-state index contributed by atoms with van der Waals surface area (Å²) >= 11 is 12.5. The van der Waals surface area contributed by atoms with Crippen molar-refractivity contribution < 1.29 is 18.8 Å². The highest BCUT2D eigenvalue weighted by Crippen LogP contribution is 2.39. The maximum atomic E-state index is 12.1. The fraction of sp³-hybridized carbons (Fsp3) is 0.550. The summed E-state index contributed by atoms with van der Waals surface area (Å²) in [6.45, 7) is 13.4. The van der Waals surface area contributed by atoms with Gasteiger partial charge >= 0.3 is 13.2 Å². The molecule has 9 heteroatoms. The van der Waals surface area contributed by atoms with Gasteiger partial charge in [0.15, 0.2) is 0 Å². The molecule has 29 heavy (non-hydrogen) atoms. The SMILES string of the molecule is CC(C)(C)OC(=O)NCC(=Cc1cc(Cl)c(N)cc1Cl)B1OC(C)(C)C(C)(C)O1. The van der Waals surface area contributed by atoms with Crippen molar-refractivity contribution in [3.63, 3.8) is 0 Å². The zero-order chi connectivity index (χ0) is 22.2. The van der Waals surface area contributed by atoms with Crippen molar-refractivity contribution in [3.05, 3.63) is 33.2 Å². The normalized spacial score (nSPS) is 18.7. The third-order valence-corrected chi connectivity index (χ3v) is 5.50. The van der Waals surface area contributed by atoms with E-state index in [-0.39, 0.29) is 6.54 Å². The maximum Gasteiger partial charge on any atom is 0.492 e. The van der Waals surface area contributed by atoms with Crippen LogP contribution in [0.4, 0.5) is 10.5 Å². The monoisotopic (exact) mass is 442 g/mol. The molecule has 1 heterocycles. The van der Waals surface area contributed by atoms with Gasteiger partial charge in [-0.05, 0) is 71.6 Å². The molecule has 1 saturated heterocycles. The van der Waals surface area contributed by atoms with Gasteiger partial charge in [-0.1, -0.05) is 29.3 Å². The van der Waals surface area contributed by atoms with Gasteiger partial charge in [0.25, 0.3) is 0 Å². The van der Waals surface area contributed by atoms with Crippen LogP contribution in [0.15, 0.2) is 17.6 Å². The van der Waals surface area contributed by atoms with E-state index >= 15 is 0 Å². The fourth-order valence-electron chi connectivity index (χ4n) is 2.57. The lowest BCUT2D eigenvalue weighted by atomic mass is 9.77. The Labute approximate surface area is 183 Å². The van der Waals surface area contributed by atoms with Crippen molar-refractivity contribution in [2.45, 2.75) is 65.3 Å². The third kappa shape index (κ3) is 6.04. The smallest absolute Gasteiger partial charge is 0.444 e. The summed E-state index contributed by atoms with van der Waals surface area (Å²) in [6.07, 6.45) is 1.24. The molecule has 0 spiro atoms. The second-order valence-corrected chi connectivity index (χ2v) is 9.87. The Morgan fingerprint density at radius 3 is 2.24 bits per heavy atom. The Morgan fingerprint density at radius 1 is 1.17 bits per heavy atom. The van der Waals surface area contributed by atoms with E-state index in [1.165, 1.54) is 0 Å². The topological polar surface area (TPSA) is 82.8 Å². The molecular weight excluding hydrogens is 414 g/mol. The molecule has 160 valence electrons. The summed E-state index contributed by atoms with van der Waals surface area (Å²) in [7, 11) is -0.678. The van der Waals surface area contributed by atoms with E-state index in [0.717, 1.165) is 0 Å². The second kappa shape index (κ2) is 8.38. The molecule has 0 radical (unpaired) electrons. The van der Waals surface area contributed by atoms with Crippen LogP contribution in [0.3, 0.4) is 0 Å². The zero-order valence-corrected chi connectivity index (χ0v) is 19.5. The summed E-state index contributed by atoms with van der Waals surface area (Å²) in [5, 5.41) is 3.56. The van der Waals surface area contributed by atoms with E-state index < -0.39 is 30.0 Å².